The topological polar surface area (TPSA) is 27.1 Å². The van der Waals surface area contributed by atoms with Crippen molar-refractivity contribution < 1.29 is 13.5 Å². The summed E-state index contributed by atoms with van der Waals surface area (Å²) in [5, 5.41) is 1.67. The molecule has 34 heavy (non-hydrogen) atoms. The van der Waals surface area contributed by atoms with Crippen LogP contribution in [0.3, 0.4) is 0 Å². The van der Waals surface area contributed by atoms with Crippen molar-refractivity contribution >= 4 is 35.0 Å². The van der Waals surface area contributed by atoms with Crippen molar-refractivity contribution in [3.63, 3.8) is 0 Å². The van der Waals surface area contributed by atoms with E-state index in [2.05, 4.69) is 18.8 Å². The Kier molecular flexibility index (Phi) is 7.22. The van der Waals surface area contributed by atoms with Crippen molar-refractivity contribution in [2.75, 3.05) is 7.11 Å². The van der Waals surface area contributed by atoms with E-state index in [-0.39, 0.29) is 11.6 Å². The van der Waals surface area contributed by atoms with Gasteiger partial charge in [-0.15, -0.1) is 0 Å². The number of benzene rings is 3. The molecular formula is C26H22Cl2F2N2OS. The number of aromatic nitrogens is 2. The van der Waals surface area contributed by atoms with Gasteiger partial charge in [0, 0.05) is 21.9 Å². The molecule has 0 unspecified atom stereocenters. The SMILES string of the molecule is COc1ccc(C(C)(C)c2cnc(SCc3cc(F)ccc3Cl)n2-c2ccc(F)cc2)cc1Cl. The summed E-state index contributed by atoms with van der Waals surface area (Å²) in [4.78, 5) is 4.67. The van der Waals surface area contributed by atoms with E-state index in [0.29, 0.717) is 32.3 Å². The van der Waals surface area contributed by atoms with Gasteiger partial charge < -0.3 is 4.74 Å². The fourth-order valence-electron chi connectivity index (χ4n) is 3.72. The van der Waals surface area contributed by atoms with Crippen molar-refractivity contribution in [1.29, 1.82) is 0 Å². The lowest BCUT2D eigenvalue weighted by Crippen LogP contribution is -2.23. The average molecular weight is 519 g/mol. The zero-order valence-electron chi connectivity index (χ0n) is 18.8. The summed E-state index contributed by atoms with van der Waals surface area (Å²) in [5.41, 5.74) is 2.77. The highest BCUT2D eigenvalue weighted by molar-refractivity contribution is 7.98. The number of nitrogens with zero attached hydrogens (tertiary/aromatic N) is 2. The molecule has 0 atom stereocenters. The largest absolute Gasteiger partial charge is 0.495 e. The Morgan fingerprint density at radius 3 is 2.32 bits per heavy atom. The lowest BCUT2D eigenvalue weighted by atomic mass is 9.81. The Morgan fingerprint density at radius 1 is 0.941 bits per heavy atom. The summed E-state index contributed by atoms with van der Waals surface area (Å²) in [7, 11) is 1.57. The fourth-order valence-corrected chi connectivity index (χ4v) is 5.22. The van der Waals surface area contributed by atoms with Crippen LogP contribution >= 0.6 is 35.0 Å². The molecule has 8 heteroatoms. The fraction of sp³-hybridized carbons (Fsp3) is 0.192. The minimum Gasteiger partial charge on any atom is -0.495 e. The Morgan fingerprint density at radius 2 is 1.65 bits per heavy atom. The van der Waals surface area contributed by atoms with Crippen molar-refractivity contribution in [3.05, 3.63) is 105 Å². The number of halogens is 4. The van der Waals surface area contributed by atoms with Gasteiger partial charge in [0.15, 0.2) is 5.16 Å². The molecule has 0 fully saturated rings. The summed E-state index contributed by atoms with van der Waals surface area (Å²) < 4.78 is 34.7. The van der Waals surface area contributed by atoms with Crippen LogP contribution in [0.25, 0.3) is 5.69 Å². The normalized spacial score (nSPS) is 11.6. The molecule has 1 heterocycles. The van der Waals surface area contributed by atoms with Gasteiger partial charge in [0.2, 0.25) is 0 Å². The predicted molar refractivity (Wildman–Crippen MR) is 135 cm³/mol. The van der Waals surface area contributed by atoms with Gasteiger partial charge in [-0.1, -0.05) is 54.9 Å². The van der Waals surface area contributed by atoms with E-state index >= 15 is 0 Å². The lowest BCUT2D eigenvalue weighted by Gasteiger charge is -2.28. The quantitative estimate of drug-likeness (QED) is 0.231. The summed E-state index contributed by atoms with van der Waals surface area (Å²) in [5.74, 6) is 0.340. The van der Waals surface area contributed by atoms with E-state index in [9.17, 15) is 8.78 Å². The third-order valence-corrected chi connectivity index (χ3v) is 7.36. The van der Waals surface area contributed by atoms with Crippen LogP contribution in [-0.2, 0) is 11.2 Å². The number of thioether (sulfide) groups is 1. The van der Waals surface area contributed by atoms with Crippen molar-refractivity contribution in [2.24, 2.45) is 0 Å². The minimum atomic E-state index is -0.507. The number of methoxy groups -OCH3 is 1. The highest BCUT2D eigenvalue weighted by Gasteiger charge is 2.30. The highest BCUT2D eigenvalue weighted by Crippen LogP contribution is 2.39. The molecule has 0 radical (unpaired) electrons. The van der Waals surface area contributed by atoms with Crippen LogP contribution in [-0.4, -0.2) is 16.7 Å². The molecule has 176 valence electrons. The number of hydrogen-bond acceptors (Lipinski definition) is 3. The second kappa shape index (κ2) is 9.98. The number of rotatable bonds is 7. The second-order valence-corrected chi connectivity index (χ2v) is 9.99. The summed E-state index contributed by atoms with van der Waals surface area (Å²) in [6.45, 7) is 4.14. The Labute approximate surface area is 211 Å². The molecule has 0 aliphatic rings. The standard InChI is InChI=1S/C26H22Cl2F2N2OS/c1-26(2,17-4-11-23(33-3)22(28)13-17)24-14-31-25(32(24)20-8-5-18(29)6-9-20)34-15-16-12-19(30)7-10-21(16)27/h4-14H,15H2,1-3H3. The molecule has 4 aromatic rings. The third-order valence-electron chi connectivity index (χ3n) is 5.69. The van der Waals surface area contributed by atoms with Crippen LogP contribution in [0.4, 0.5) is 8.78 Å². The molecule has 1 aromatic heterocycles. The summed E-state index contributed by atoms with van der Waals surface area (Å²) in [6.07, 6.45) is 1.80. The third kappa shape index (κ3) is 4.95. The van der Waals surface area contributed by atoms with Gasteiger partial charge >= 0.3 is 0 Å². The second-order valence-electron chi connectivity index (χ2n) is 8.24. The van der Waals surface area contributed by atoms with Crippen LogP contribution < -0.4 is 4.74 Å². The average Bonchev–Trinajstić information content (AvgIpc) is 3.25. The molecule has 3 aromatic carbocycles. The van der Waals surface area contributed by atoms with Crippen molar-refractivity contribution in [2.45, 2.75) is 30.2 Å². The van der Waals surface area contributed by atoms with Gasteiger partial charge in [-0.05, 0) is 65.7 Å². The zero-order valence-corrected chi connectivity index (χ0v) is 21.1. The van der Waals surface area contributed by atoms with Crippen LogP contribution in [0.1, 0.15) is 30.7 Å². The van der Waals surface area contributed by atoms with E-state index in [1.807, 2.05) is 22.8 Å². The van der Waals surface area contributed by atoms with Gasteiger partial charge in [0.25, 0.3) is 0 Å². The minimum absolute atomic E-state index is 0.327. The monoisotopic (exact) mass is 518 g/mol. The predicted octanol–water partition coefficient (Wildman–Crippen LogP) is 8.08. The van der Waals surface area contributed by atoms with Crippen LogP contribution in [0.5, 0.6) is 5.75 Å². The van der Waals surface area contributed by atoms with Gasteiger partial charge in [-0.3, -0.25) is 4.57 Å². The van der Waals surface area contributed by atoms with Gasteiger partial charge in [0.05, 0.1) is 24.0 Å². The summed E-state index contributed by atoms with van der Waals surface area (Å²) >= 11 is 14.1. The van der Waals surface area contributed by atoms with Crippen molar-refractivity contribution in [3.8, 4) is 11.4 Å². The molecule has 0 aliphatic heterocycles. The lowest BCUT2D eigenvalue weighted by molar-refractivity contribution is 0.414. The summed E-state index contributed by atoms with van der Waals surface area (Å²) in [6, 6.07) is 16.2. The highest BCUT2D eigenvalue weighted by atomic mass is 35.5. The molecule has 0 saturated heterocycles. The maximum Gasteiger partial charge on any atom is 0.173 e. The zero-order chi connectivity index (χ0) is 24.5. The first kappa shape index (κ1) is 24.6. The first-order valence-electron chi connectivity index (χ1n) is 10.5. The number of imidazole rings is 1. The smallest absolute Gasteiger partial charge is 0.173 e. The van der Waals surface area contributed by atoms with E-state index in [0.717, 1.165) is 16.9 Å². The first-order valence-corrected chi connectivity index (χ1v) is 12.2. The van der Waals surface area contributed by atoms with E-state index in [1.165, 1.54) is 36.0 Å². The first-order chi connectivity index (χ1) is 16.2. The van der Waals surface area contributed by atoms with Crippen LogP contribution in [0, 0.1) is 11.6 Å². The molecule has 0 bridgehead atoms. The number of hydrogen-bond donors (Lipinski definition) is 0. The van der Waals surface area contributed by atoms with Gasteiger partial charge in [0.1, 0.15) is 17.4 Å². The molecule has 3 nitrogen and oxygen atoms in total. The molecule has 0 spiro atoms. The Bertz CT molecular complexity index is 1320. The molecule has 0 saturated carbocycles. The van der Waals surface area contributed by atoms with E-state index in [1.54, 1.807) is 31.5 Å². The maximum absolute atomic E-state index is 13.7. The van der Waals surface area contributed by atoms with E-state index < -0.39 is 5.41 Å². The van der Waals surface area contributed by atoms with Gasteiger partial charge in [-0.2, -0.15) is 0 Å². The Hall–Kier alpha value is -2.54. The van der Waals surface area contributed by atoms with Gasteiger partial charge in [-0.25, -0.2) is 13.8 Å². The maximum atomic E-state index is 13.7. The molecule has 0 N–H and O–H groups in total. The molecule has 4 rings (SSSR count). The molecule has 0 amide bonds. The molecular weight excluding hydrogens is 497 g/mol. The van der Waals surface area contributed by atoms with E-state index in [4.69, 9.17) is 27.9 Å². The molecule has 0 aliphatic carbocycles. The van der Waals surface area contributed by atoms with Crippen LogP contribution in [0.15, 0.2) is 72.0 Å². The van der Waals surface area contributed by atoms with Crippen LogP contribution in [0.2, 0.25) is 10.0 Å². The number of ether oxygens (including phenoxy) is 1. The Balaban J connectivity index is 1.78. The van der Waals surface area contributed by atoms with Crippen molar-refractivity contribution in [1.82, 2.24) is 9.55 Å².